The number of amides is 3. The summed E-state index contributed by atoms with van der Waals surface area (Å²) in [4.78, 5) is 39.5. The summed E-state index contributed by atoms with van der Waals surface area (Å²) in [5.74, 6) is 0.314. The fourth-order valence-corrected chi connectivity index (χ4v) is 6.10. The molecule has 3 aliphatic rings. The average molecular weight is 447 g/mol. The third kappa shape index (κ3) is 3.19. The van der Waals surface area contributed by atoms with Crippen LogP contribution >= 0.6 is 15.9 Å². The van der Waals surface area contributed by atoms with Gasteiger partial charge in [0.2, 0.25) is 17.7 Å². The first-order valence-corrected chi connectivity index (χ1v) is 11.2. The number of hydrogen-bond donors (Lipinski definition) is 1. The molecule has 1 N–H and O–H groups in total. The summed E-state index contributed by atoms with van der Waals surface area (Å²) in [6.07, 6.45) is 4.96. The predicted molar refractivity (Wildman–Crippen MR) is 111 cm³/mol. The number of nitrogens with one attached hydrogen (secondary N) is 1. The van der Waals surface area contributed by atoms with Gasteiger partial charge in [-0.15, -0.1) is 0 Å². The first kappa shape index (κ1) is 19.6. The number of carbonyl (C=O) groups is 3. The van der Waals surface area contributed by atoms with Gasteiger partial charge in [-0.05, 0) is 67.2 Å². The van der Waals surface area contributed by atoms with Crippen molar-refractivity contribution in [1.82, 2.24) is 4.90 Å². The van der Waals surface area contributed by atoms with E-state index in [-0.39, 0.29) is 42.5 Å². The second kappa shape index (κ2) is 7.62. The molecule has 4 atom stereocenters. The molecule has 1 aromatic rings. The van der Waals surface area contributed by atoms with Crippen LogP contribution in [0.15, 0.2) is 16.6 Å². The molecule has 2 bridgehead atoms. The van der Waals surface area contributed by atoms with E-state index in [1.807, 2.05) is 12.1 Å². The molecule has 0 aromatic heterocycles. The van der Waals surface area contributed by atoms with Gasteiger partial charge in [0.05, 0.1) is 11.8 Å². The topological polar surface area (TPSA) is 66.5 Å². The first-order chi connectivity index (χ1) is 13.4. The van der Waals surface area contributed by atoms with Crippen molar-refractivity contribution in [3.8, 4) is 0 Å². The number of rotatable bonds is 6. The van der Waals surface area contributed by atoms with E-state index in [0.717, 1.165) is 53.4 Å². The molecule has 5 nitrogen and oxygen atoms in total. The van der Waals surface area contributed by atoms with E-state index in [4.69, 9.17) is 0 Å². The van der Waals surface area contributed by atoms with Gasteiger partial charge in [-0.3, -0.25) is 19.3 Å². The van der Waals surface area contributed by atoms with Crippen LogP contribution in [0.4, 0.5) is 5.69 Å². The highest BCUT2D eigenvalue weighted by molar-refractivity contribution is 9.10. The van der Waals surface area contributed by atoms with Crippen molar-refractivity contribution in [1.29, 1.82) is 0 Å². The van der Waals surface area contributed by atoms with E-state index in [9.17, 15) is 14.4 Å². The van der Waals surface area contributed by atoms with Gasteiger partial charge in [0.1, 0.15) is 0 Å². The van der Waals surface area contributed by atoms with Crippen LogP contribution in [0.2, 0.25) is 0 Å². The number of imide groups is 1. The Morgan fingerprint density at radius 1 is 1.07 bits per heavy atom. The van der Waals surface area contributed by atoms with Gasteiger partial charge in [-0.1, -0.05) is 29.8 Å². The third-order valence-electron chi connectivity index (χ3n) is 6.87. The summed E-state index contributed by atoms with van der Waals surface area (Å²) in [6, 6.07) is 4.05. The molecular formula is C22H27BrN2O3. The molecule has 4 rings (SSSR count). The Morgan fingerprint density at radius 3 is 2.11 bits per heavy atom. The molecular weight excluding hydrogens is 420 g/mol. The minimum absolute atomic E-state index is 0.0397. The highest BCUT2D eigenvalue weighted by Crippen LogP contribution is 2.56. The quantitative estimate of drug-likeness (QED) is 0.672. The maximum atomic E-state index is 12.8. The molecule has 3 amide bonds. The molecule has 6 heteroatoms. The third-order valence-corrected chi connectivity index (χ3v) is 7.33. The van der Waals surface area contributed by atoms with Crippen LogP contribution in [-0.2, 0) is 27.2 Å². The lowest BCUT2D eigenvalue weighted by molar-refractivity contribution is -0.140. The van der Waals surface area contributed by atoms with Crippen molar-refractivity contribution in [2.75, 3.05) is 11.9 Å². The molecule has 0 spiro atoms. The van der Waals surface area contributed by atoms with Gasteiger partial charge in [-0.2, -0.15) is 0 Å². The maximum absolute atomic E-state index is 12.8. The number of anilines is 1. The summed E-state index contributed by atoms with van der Waals surface area (Å²) >= 11 is 3.53. The molecule has 1 heterocycles. The highest BCUT2D eigenvalue weighted by Gasteiger charge is 2.60. The number of halogens is 1. The lowest BCUT2D eigenvalue weighted by Crippen LogP contribution is -2.35. The van der Waals surface area contributed by atoms with Crippen LogP contribution in [0.3, 0.4) is 0 Å². The predicted octanol–water partition coefficient (Wildman–Crippen LogP) is 3.93. The van der Waals surface area contributed by atoms with E-state index < -0.39 is 0 Å². The fraction of sp³-hybridized carbons (Fsp3) is 0.591. The van der Waals surface area contributed by atoms with Crippen molar-refractivity contribution in [2.24, 2.45) is 23.7 Å². The van der Waals surface area contributed by atoms with Crippen molar-refractivity contribution in [3.63, 3.8) is 0 Å². The second-order valence-electron chi connectivity index (χ2n) is 8.32. The molecule has 150 valence electrons. The molecule has 1 aromatic carbocycles. The normalized spacial score (nSPS) is 28.2. The number of aryl methyl sites for hydroxylation is 2. The van der Waals surface area contributed by atoms with E-state index >= 15 is 0 Å². The Morgan fingerprint density at radius 2 is 1.61 bits per heavy atom. The summed E-state index contributed by atoms with van der Waals surface area (Å²) in [5, 5.41) is 3.03. The molecule has 2 aliphatic carbocycles. The minimum atomic E-state index is -0.146. The van der Waals surface area contributed by atoms with E-state index in [0.29, 0.717) is 11.8 Å². The molecule has 2 saturated carbocycles. The number of fused-ring (bicyclic) bond motifs is 5. The number of hydrogen-bond acceptors (Lipinski definition) is 3. The summed E-state index contributed by atoms with van der Waals surface area (Å²) in [6.45, 7) is 4.31. The Bertz CT molecular complexity index is 784. The van der Waals surface area contributed by atoms with Gasteiger partial charge in [0.15, 0.2) is 0 Å². The Hall–Kier alpha value is -1.69. The van der Waals surface area contributed by atoms with Gasteiger partial charge in [0, 0.05) is 23.1 Å². The molecule has 0 radical (unpaired) electrons. The Labute approximate surface area is 174 Å². The number of carbonyl (C=O) groups excluding carboxylic acids is 3. The van der Waals surface area contributed by atoms with Crippen LogP contribution in [0.5, 0.6) is 0 Å². The minimum Gasteiger partial charge on any atom is -0.326 e. The highest BCUT2D eigenvalue weighted by atomic mass is 79.9. The SMILES string of the molecule is CCc1cc(Br)cc(CC)c1NC(=O)CCN1C(=O)[C@H]2[C@H]3CC[C@@H](C3)[C@@H]2C1=O. The fourth-order valence-electron chi connectivity index (χ4n) is 5.55. The first-order valence-electron chi connectivity index (χ1n) is 10.4. The largest absolute Gasteiger partial charge is 0.326 e. The van der Waals surface area contributed by atoms with E-state index in [1.165, 1.54) is 4.90 Å². The van der Waals surface area contributed by atoms with Gasteiger partial charge >= 0.3 is 0 Å². The molecule has 0 unspecified atom stereocenters. The van der Waals surface area contributed by atoms with Crippen LogP contribution in [-0.4, -0.2) is 29.2 Å². The summed E-state index contributed by atoms with van der Waals surface area (Å²) < 4.78 is 1.01. The van der Waals surface area contributed by atoms with Crippen molar-refractivity contribution in [3.05, 3.63) is 27.7 Å². The van der Waals surface area contributed by atoms with Crippen LogP contribution in [0.25, 0.3) is 0 Å². The van der Waals surface area contributed by atoms with Crippen LogP contribution in [0, 0.1) is 23.7 Å². The number of likely N-dealkylation sites (tertiary alicyclic amines) is 1. The molecule has 1 saturated heterocycles. The van der Waals surface area contributed by atoms with Gasteiger partial charge < -0.3 is 5.32 Å². The van der Waals surface area contributed by atoms with Crippen LogP contribution in [0.1, 0.15) is 50.7 Å². The van der Waals surface area contributed by atoms with Crippen molar-refractivity contribution in [2.45, 2.75) is 52.4 Å². The van der Waals surface area contributed by atoms with E-state index in [2.05, 4.69) is 35.1 Å². The molecule has 1 aliphatic heterocycles. The monoisotopic (exact) mass is 446 g/mol. The van der Waals surface area contributed by atoms with Crippen molar-refractivity contribution >= 4 is 39.3 Å². The smallest absolute Gasteiger partial charge is 0.233 e. The average Bonchev–Trinajstić information content (AvgIpc) is 3.35. The van der Waals surface area contributed by atoms with E-state index in [1.54, 1.807) is 0 Å². The maximum Gasteiger partial charge on any atom is 0.233 e. The number of nitrogens with zero attached hydrogens (tertiary/aromatic N) is 1. The van der Waals surface area contributed by atoms with Crippen molar-refractivity contribution < 1.29 is 14.4 Å². The Kier molecular flexibility index (Phi) is 5.34. The van der Waals surface area contributed by atoms with Gasteiger partial charge in [-0.25, -0.2) is 0 Å². The lowest BCUT2D eigenvalue weighted by atomic mass is 9.81. The zero-order chi connectivity index (χ0) is 20.0. The van der Waals surface area contributed by atoms with Crippen LogP contribution < -0.4 is 5.32 Å². The lowest BCUT2D eigenvalue weighted by Gasteiger charge is -2.19. The summed E-state index contributed by atoms with van der Waals surface area (Å²) in [5.41, 5.74) is 3.03. The standard InChI is InChI=1S/C22H27BrN2O3/c1-3-12-10-16(23)11-13(4-2)20(12)24-17(26)7-8-25-21(27)18-14-5-6-15(9-14)19(18)22(25)28/h10-11,14-15,18-19H,3-9H2,1-2H3,(H,24,26)/t14-,15-,18-,19-/m0/s1. The van der Waals surface area contributed by atoms with Gasteiger partial charge in [0.25, 0.3) is 0 Å². The zero-order valence-corrected chi connectivity index (χ0v) is 18.0. The molecule has 3 fully saturated rings. The summed E-state index contributed by atoms with van der Waals surface area (Å²) in [7, 11) is 0. The zero-order valence-electron chi connectivity index (χ0n) is 16.5. The number of benzene rings is 1. The molecule has 28 heavy (non-hydrogen) atoms. The Balaban J connectivity index is 1.42. The second-order valence-corrected chi connectivity index (χ2v) is 9.23.